The van der Waals surface area contributed by atoms with Gasteiger partial charge in [0.15, 0.2) is 0 Å². The van der Waals surface area contributed by atoms with Crippen LogP contribution in [0.15, 0.2) is 41.2 Å². The fraction of sp³-hybridized carbons (Fsp3) is 0.400. The predicted molar refractivity (Wildman–Crippen MR) is 129 cm³/mol. The number of nitrogens with one attached hydrogen (secondary N) is 1. The monoisotopic (exact) mass is 466 g/mol. The lowest BCUT2D eigenvalue weighted by atomic mass is 9.85. The van der Waals surface area contributed by atoms with Gasteiger partial charge in [-0.25, -0.2) is 4.79 Å². The Morgan fingerprint density at radius 1 is 1.18 bits per heavy atom. The number of aryl methyl sites for hydroxylation is 1. The molecule has 1 fully saturated rings. The lowest BCUT2D eigenvalue weighted by Crippen LogP contribution is -2.33. The zero-order valence-corrected chi connectivity index (χ0v) is 19.4. The Morgan fingerprint density at radius 3 is 2.56 bits per heavy atom. The molecule has 0 saturated heterocycles. The van der Waals surface area contributed by atoms with E-state index in [0.29, 0.717) is 42.4 Å². The van der Waals surface area contributed by atoms with E-state index in [1.54, 1.807) is 29.9 Å². The third-order valence-electron chi connectivity index (χ3n) is 6.68. The molecule has 1 aliphatic carbocycles. The second-order valence-electron chi connectivity index (χ2n) is 8.74. The Morgan fingerprint density at radius 2 is 1.91 bits per heavy atom. The predicted octanol–water partition coefficient (Wildman–Crippen LogP) is 2.58. The maximum Gasteiger partial charge on any atom is 0.329 e. The van der Waals surface area contributed by atoms with Gasteiger partial charge in [-0.3, -0.25) is 18.7 Å². The van der Waals surface area contributed by atoms with E-state index in [1.165, 1.54) is 4.57 Å². The number of aliphatic hydroxyl groups is 1. The van der Waals surface area contributed by atoms with Crippen LogP contribution in [0.25, 0.3) is 11.0 Å². The first-order valence-corrected chi connectivity index (χ1v) is 11.5. The smallest absolute Gasteiger partial charge is 0.329 e. The molecule has 9 heteroatoms. The summed E-state index contributed by atoms with van der Waals surface area (Å²) in [5.74, 6) is -0.111. The Labute approximate surface area is 197 Å². The minimum absolute atomic E-state index is 0.0459. The average molecular weight is 467 g/mol. The van der Waals surface area contributed by atoms with Gasteiger partial charge in [0.05, 0.1) is 36.9 Å². The van der Waals surface area contributed by atoms with Crippen LogP contribution >= 0.6 is 0 Å². The fourth-order valence-corrected chi connectivity index (χ4v) is 4.94. The number of benzene rings is 2. The Balaban J connectivity index is 1.54. The molecular weight excluding hydrogens is 436 g/mol. The quantitative estimate of drug-likeness (QED) is 0.493. The number of nitrogens with two attached hydrogens (primary N) is 1. The average Bonchev–Trinajstić information content (AvgIpc) is 3.11. The molecule has 2 amide bonds. The number of methoxy groups -OCH3 is 1. The number of primary amides is 1. The molecule has 0 unspecified atom stereocenters. The van der Waals surface area contributed by atoms with Gasteiger partial charge in [-0.2, -0.15) is 0 Å². The second-order valence-corrected chi connectivity index (χ2v) is 8.74. The molecule has 180 valence electrons. The number of amides is 2. The van der Waals surface area contributed by atoms with E-state index >= 15 is 0 Å². The van der Waals surface area contributed by atoms with Crippen molar-refractivity contribution >= 4 is 28.5 Å². The largest absolute Gasteiger partial charge is 0.496 e. The number of hydrogen-bond acceptors (Lipinski definition) is 5. The van der Waals surface area contributed by atoms with Crippen molar-refractivity contribution in [2.24, 2.45) is 11.7 Å². The number of nitrogens with zero attached hydrogens (tertiary/aromatic N) is 2. The lowest BCUT2D eigenvalue weighted by Gasteiger charge is -2.28. The molecule has 4 N–H and O–H groups in total. The van der Waals surface area contributed by atoms with Gasteiger partial charge in [-0.1, -0.05) is 12.1 Å². The second kappa shape index (κ2) is 9.72. The normalized spacial score (nSPS) is 18.1. The number of rotatable bonds is 7. The van der Waals surface area contributed by atoms with Crippen molar-refractivity contribution in [2.45, 2.75) is 45.2 Å². The van der Waals surface area contributed by atoms with Crippen LogP contribution < -0.4 is 21.5 Å². The Hall–Kier alpha value is -3.59. The number of carbonyl (C=O) groups excluding carboxylic acids is 2. The summed E-state index contributed by atoms with van der Waals surface area (Å²) < 4.78 is 8.44. The third kappa shape index (κ3) is 4.31. The summed E-state index contributed by atoms with van der Waals surface area (Å²) in [5, 5.41) is 12.5. The van der Waals surface area contributed by atoms with Crippen molar-refractivity contribution in [3.8, 4) is 5.75 Å². The molecule has 3 aromatic rings. The van der Waals surface area contributed by atoms with Gasteiger partial charge in [0, 0.05) is 23.7 Å². The van der Waals surface area contributed by atoms with Gasteiger partial charge in [0.2, 0.25) is 5.91 Å². The first kappa shape index (κ1) is 23.6. The topological polar surface area (TPSA) is 129 Å². The minimum atomic E-state index is -0.623. The summed E-state index contributed by atoms with van der Waals surface area (Å²) in [4.78, 5) is 38.1. The number of anilines is 1. The summed E-state index contributed by atoms with van der Waals surface area (Å²) >= 11 is 0. The molecular formula is C25H30N4O5. The highest BCUT2D eigenvalue weighted by Gasteiger charge is 2.30. The number of carbonyl (C=O) groups is 2. The van der Waals surface area contributed by atoms with E-state index in [9.17, 15) is 19.5 Å². The third-order valence-corrected chi connectivity index (χ3v) is 6.68. The van der Waals surface area contributed by atoms with Crippen LogP contribution in [0.2, 0.25) is 0 Å². The molecule has 1 saturated carbocycles. The van der Waals surface area contributed by atoms with Crippen LogP contribution in [0.3, 0.4) is 0 Å². The number of fused-ring (bicyclic) bond motifs is 1. The van der Waals surface area contributed by atoms with Gasteiger partial charge < -0.3 is 20.9 Å². The van der Waals surface area contributed by atoms with Crippen molar-refractivity contribution in [1.82, 2.24) is 9.13 Å². The molecule has 2 aromatic carbocycles. The zero-order valence-electron chi connectivity index (χ0n) is 19.4. The van der Waals surface area contributed by atoms with Crippen molar-refractivity contribution in [3.05, 3.63) is 58.0 Å². The standard InChI is InChI=1S/C25H30N4O5/c1-15-6-9-17(14-21(15)34-2)27-24(32)16-7-10-18(11-8-16)29-20-5-3-4-19(23(26)31)22(20)28(12-13-30)25(29)33/h3-6,9,14,16,18,30H,7-8,10-13H2,1-2H3,(H2,26,31)(H,27,32)/t16-,18+. The molecule has 1 aromatic heterocycles. The number of ether oxygens (including phenoxy) is 1. The van der Waals surface area contributed by atoms with Crippen LogP contribution in [0, 0.1) is 12.8 Å². The highest BCUT2D eigenvalue weighted by atomic mass is 16.5. The van der Waals surface area contributed by atoms with Crippen LogP contribution in [0.4, 0.5) is 5.69 Å². The molecule has 34 heavy (non-hydrogen) atoms. The van der Waals surface area contributed by atoms with Crippen LogP contribution in [0.1, 0.15) is 47.6 Å². The zero-order chi connectivity index (χ0) is 24.4. The molecule has 0 bridgehead atoms. The summed E-state index contributed by atoms with van der Waals surface area (Å²) in [7, 11) is 1.60. The molecule has 4 rings (SSSR count). The van der Waals surface area contributed by atoms with Crippen molar-refractivity contribution in [2.75, 3.05) is 19.0 Å². The molecule has 9 nitrogen and oxygen atoms in total. The van der Waals surface area contributed by atoms with Gasteiger partial charge >= 0.3 is 5.69 Å². The molecule has 0 atom stereocenters. The summed E-state index contributed by atoms with van der Waals surface area (Å²) in [6.07, 6.45) is 2.56. The number of para-hydroxylation sites is 1. The maximum absolute atomic E-state index is 13.3. The van der Waals surface area contributed by atoms with E-state index in [-0.39, 0.29) is 42.3 Å². The highest BCUT2D eigenvalue weighted by Crippen LogP contribution is 2.35. The highest BCUT2D eigenvalue weighted by molar-refractivity contribution is 6.04. The van der Waals surface area contributed by atoms with Gasteiger partial charge in [0.25, 0.3) is 5.91 Å². The van der Waals surface area contributed by atoms with Crippen molar-refractivity contribution < 1.29 is 19.4 Å². The summed E-state index contributed by atoms with van der Waals surface area (Å²) in [6, 6.07) is 10.5. The van der Waals surface area contributed by atoms with E-state index in [2.05, 4.69) is 5.32 Å². The van der Waals surface area contributed by atoms with E-state index in [1.807, 2.05) is 25.1 Å². The lowest BCUT2D eigenvalue weighted by molar-refractivity contribution is -0.121. The van der Waals surface area contributed by atoms with Crippen LogP contribution in [-0.4, -0.2) is 39.8 Å². The first-order valence-electron chi connectivity index (χ1n) is 11.5. The molecule has 0 aliphatic heterocycles. The molecule has 1 aliphatic rings. The molecule has 1 heterocycles. The Kier molecular flexibility index (Phi) is 6.74. The van der Waals surface area contributed by atoms with Gasteiger partial charge in [-0.15, -0.1) is 0 Å². The summed E-state index contributed by atoms with van der Waals surface area (Å²) in [5.41, 5.74) is 8.27. The van der Waals surface area contributed by atoms with Gasteiger partial charge in [0.1, 0.15) is 5.75 Å². The molecule has 0 radical (unpaired) electrons. The number of imidazole rings is 1. The van der Waals surface area contributed by atoms with E-state index in [4.69, 9.17) is 10.5 Å². The maximum atomic E-state index is 13.3. The van der Waals surface area contributed by atoms with Gasteiger partial charge in [-0.05, 0) is 56.4 Å². The van der Waals surface area contributed by atoms with Crippen molar-refractivity contribution in [1.29, 1.82) is 0 Å². The first-order chi connectivity index (χ1) is 16.3. The Bertz CT molecular complexity index is 1280. The minimum Gasteiger partial charge on any atom is -0.496 e. The van der Waals surface area contributed by atoms with Crippen LogP contribution in [0.5, 0.6) is 5.75 Å². The summed E-state index contributed by atoms with van der Waals surface area (Å²) in [6.45, 7) is 1.78. The number of aromatic nitrogens is 2. The number of hydrogen-bond donors (Lipinski definition) is 3. The number of aliphatic hydroxyl groups excluding tert-OH is 1. The molecule has 0 spiro atoms. The fourth-order valence-electron chi connectivity index (χ4n) is 4.94. The van der Waals surface area contributed by atoms with E-state index < -0.39 is 5.91 Å². The van der Waals surface area contributed by atoms with Crippen LogP contribution in [-0.2, 0) is 11.3 Å². The van der Waals surface area contributed by atoms with Crippen molar-refractivity contribution in [3.63, 3.8) is 0 Å². The SMILES string of the molecule is COc1cc(NC(=O)[C@H]2CC[C@@H](n3c(=O)n(CCO)c4c(C(N)=O)cccc43)CC2)ccc1C. The van der Waals surface area contributed by atoms with E-state index in [0.717, 1.165) is 11.3 Å².